The summed E-state index contributed by atoms with van der Waals surface area (Å²) >= 11 is 14.8. The molecule has 0 saturated carbocycles. The molecule has 6 heteroatoms. The van der Waals surface area contributed by atoms with Crippen LogP contribution in [-0.2, 0) is 0 Å². The number of hydrogen-bond acceptors (Lipinski definition) is 3. The van der Waals surface area contributed by atoms with Crippen LogP contribution in [0.15, 0.2) is 27.1 Å². The third-order valence-corrected chi connectivity index (χ3v) is 2.52. The highest BCUT2D eigenvalue weighted by molar-refractivity contribution is 9.10. The van der Waals surface area contributed by atoms with Crippen LogP contribution in [0.5, 0.6) is 0 Å². The monoisotopic (exact) mass is 292 g/mol. The smallest absolute Gasteiger partial charge is 0.313 e. The van der Waals surface area contributed by atoms with E-state index in [0.717, 1.165) is 4.47 Å². The first kappa shape index (κ1) is 9.96. The number of nitrogens with zero attached hydrogens (tertiary/aromatic N) is 2. The molecule has 0 radical (unpaired) electrons. The van der Waals surface area contributed by atoms with E-state index in [9.17, 15) is 0 Å². The average molecular weight is 294 g/mol. The number of benzene rings is 1. The van der Waals surface area contributed by atoms with Gasteiger partial charge in [-0.15, -0.1) is 5.10 Å². The van der Waals surface area contributed by atoms with Gasteiger partial charge >= 0.3 is 5.35 Å². The van der Waals surface area contributed by atoms with E-state index in [-0.39, 0.29) is 5.35 Å². The van der Waals surface area contributed by atoms with Crippen molar-refractivity contribution in [2.45, 2.75) is 0 Å². The maximum atomic E-state index is 5.97. The first-order valence-electron chi connectivity index (χ1n) is 3.61. The quantitative estimate of drug-likeness (QED) is 0.802. The summed E-state index contributed by atoms with van der Waals surface area (Å²) < 4.78 is 5.92. The Morgan fingerprint density at radius 1 is 1.21 bits per heavy atom. The molecule has 2 rings (SSSR count). The highest BCUT2D eigenvalue weighted by Crippen LogP contribution is 2.29. The van der Waals surface area contributed by atoms with Crippen LogP contribution in [-0.4, -0.2) is 10.2 Å². The maximum absolute atomic E-state index is 5.97. The molecule has 14 heavy (non-hydrogen) atoms. The lowest BCUT2D eigenvalue weighted by atomic mass is 10.2. The Balaban J connectivity index is 2.52. The van der Waals surface area contributed by atoms with Crippen LogP contribution in [0.4, 0.5) is 0 Å². The zero-order chi connectivity index (χ0) is 10.1. The van der Waals surface area contributed by atoms with E-state index in [4.69, 9.17) is 27.6 Å². The second kappa shape index (κ2) is 3.88. The van der Waals surface area contributed by atoms with Crippen molar-refractivity contribution in [2.24, 2.45) is 0 Å². The van der Waals surface area contributed by atoms with Gasteiger partial charge < -0.3 is 4.42 Å². The molecule has 0 saturated heterocycles. The lowest BCUT2D eigenvalue weighted by molar-refractivity contribution is 0.571. The molecule has 1 heterocycles. The highest BCUT2D eigenvalue weighted by Gasteiger charge is 2.10. The van der Waals surface area contributed by atoms with Crippen LogP contribution in [0.1, 0.15) is 0 Å². The van der Waals surface area contributed by atoms with Crippen LogP contribution < -0.4 is 0 Å². The van der Waals surface area contributed by atoms with E-state index in [0.29, 0.717) is 16.5 Å². The molecule has 0 N–H and O–H groups in total. The van der Waals surface area contributed by atoms with Gasteiger partial charge in [0.15, 0.2) is 0 Å². The standard InChI is InChI=1S/C8H3BrCl2N2O/c9-4-1-2-5(6(10)3-4)7-12-13-8(11)14-7/h1-3H. The summed E-state index contributed by atoms with van der Waals surface area (Å²) in [4.78, 5) is 0. The summed E-state index contributed by atoms with van der Waals surface area (Å²) in [5.74, 6) is 0.313. The Kier molecular flexibility index (Phi) is 2.76. The Morgan fingerprint density at radius 3 is 2.57 bits per heavy atom. The molecule has 0 aliphatic heterocycles. The van der Waals surface area contributed by atoms with Crippen molar-refractivity contribution in [1.29, 1.82) is 0 Å². The molecule has 2 aromatic rings. The average Bonchev–Trinajstić information content (AvgIpc) is 2.51. The summed E-state index contributed by atoms with van der Waals surface area (Å²) in [6.07, 6.45) is 0. The van der Waals surface area contributed by atoms with Crippen molar-refractivity contribution in [3.05, 3.63) is 33.0 Å². The number of aromatic nitrogens is 2. The minimum absolute atomic E-state index is 0.000939. The third kappa shape index (κ3) is 1.92. The molecule has 1 aromatic carbocycles. The van der Waals surface area contributed by atoms with Crippen molar-refractivity contribution in [3.63, 3.8) is 0 Å². The molecular formula is C8H3BrCl2N2O. The lowest BCUT2D eigenvalue weighted by Gasteiger charge is -1.98. The predicted molar refractivity (Wildman–Crippen MR) is 57.5 cm³/mol. The van der Waals surface area contributed by atoms with Crippen LogP contribution in [0.2, 0.25) is 10.4 Å². The van der Waals surface area contributed by atoms with Crippen LogP contribution in [0, 0.1) is 0 Å². The lowest BCUT2D eigenvalue weighted by Crippen LogP contribution is -1.79. The van der Waals surface area contributed by atoms with Crippen molar-refractivity contribution < 1.29 is 4.42 Å². The van der Waals surface area contributed by atoms with E-state index in [1.807, 2.05) is 6.07 Å². The summed E-state index contributed by atoms with van der Waals surface area (Å²) in [7, 11) is 0. The fourth-order valence-corrected chi connectivity index (χ4v) is 1.84. The maximum Gasteiger partial charge on any atom is 0.313 e. The first-order valence-corrected chi connectivity index (χ1v) is 5.16. The van der Waals surface area contributed by atoms with Crippen molar-refractivity contribution in [1.82, 2.24) is 10.2 Å². The molecule has 3 nitrogen and oxygen atoms in total. The molecule has 0 atom stereocenters. The SMILES string of the molecule is Clc1nnc(-c2ccc(Br)cc2Cl)o1. The van der Waals surface area contributed by atoms with Gasteiger partial charge in [-0.2, -0.15) is 0 Å². The minimum Gasteiger partial charge on any atom is -0.407 e. The third-order valence-electron chi connectivity index (χ3n) is 1.56. The topological polar surface area (TPSA) is 38.9 Å². The van der Waals surface area contributed by atoms with Crippen LogP contribution in [0.3, 0.4) is 0 Å². The Morgan fingerprint density at radius 2 is 2.00 bits per heavy atom. The molecule has 0 aliphatic carbocycles. The van der Waals surface area contributed by atoms with Crippen molar-refractivity contribution in [2.75, 3.05) is 0 Å². The minimum atomic E-state index is -0.000939. The van der Waals surface area contributed by atoms with E-state index in [1.54, 1.807) is 12.1 Å². The summed E-state index contributed by atoms with van der Waals surface area (Å²) in [6.45, 7) is 0. The van der Waals surface area contributed by atoms with Gasteiger partial charge in [0.05, 0.1) is 10.6 Å². The summed E-state index contributed by atoms with van der Waals surface area (Å²) in [6, 6.07) is 5.35. The van der Waals surface area contributed by atoms with Gasteiger partial charge in [-0.05, 0) is 29.8 Å². The normalized spacial score (nSPS) is 10.5. The summed E-state index contributed by atoms with van der Waals surface area (Å²) in [5, 5.41) is 7.79. The molecule has 0 bridgehead atoms. The Labute approximate surface area is 98.2 Å². The molecule has 0 unspecified atom stereocenters. The van der Waals surface area contributed by atoms with Gasteiger partial charge in [-0.3, -0.25) is 0 Å². The van der Waals surface area contributed by atoms with Crippen molar-refractivity contribution >= 4 is 39.1 Å². The number of rotatable bonds is 1. The highest BCUT2D eigenvalue weighted by atomic mass is 79.9. The fourth-order valence-electron chi connectivity index (χ4n) is 0.977. The van der Waals surface area contributed by atoms with Gasteiger partial charge in [0.25, 0.3) is 5.89 Å². The van der Waals surface area contributed by atoms with Gasteiger partial charge in [-0.1, -0.05) is 32.6 Å². The van der Waals surface area contributed by atoms with E-state index < -0.39 is 0 Å². The number of hydrogen-bond donors (Lipinski definition) is 0. The first-order chi connectivity index (χ1) is 6.66. The van der Waals surface area contributed by atoms with Crippen molar-refractivity contribution in [3.8, 4) is 11.5 Å². The van der Waals surface area contributed by atoms with E-state index >= 15 is 0 Å². The van der Waals surface area contributed by atoms with Gasteiger partial charge in [0.2, 0.25) is 0 Å². The van der Waals surface area contributed by atoms with Gasteiger partial charge in [0, 0.05) is 4.47 Å². The fraction of sp³-hybridized carbons (Fsp3) is 0. The van der Waals surface area contributed by atoms with E-state index in [2.05, 4.69) is 26.1 Å². The molecule has 0 amide bonds. The summed E-state index contributed by atoms with van der Waals surface area (Å²) in [5.41, 5.74) is 0.661. The van der Waals surface area contributed by atoms with Gasteiger partial charge in [0.1, 0.15) is 0 Å². The predicted octanol–water partition coefficient (Wildman–Crippen LogP) is 3.81. The zero-order valence-corrected chi connectivity index (χ0v) is 9.77. The Bertz CT molecular complexity index is 472. The second-order valence-electron chi connectivity index (χ2n) is 2.48. The molecular weight excluding hydrogens is 291 g/mol. The molecule has 1 aromatic heterocycles. The molecule has 0 spiro atoms. The molecule has 0 fully saturated rings. The molecule has 72 valence electrons. The largest absolute Gasteiger partial charge is 0.407 e. The van der Waals surface area contributed by atoms with Crippen LogP contribution in [0.25, 0.3) is 11.5 Å². The van der Waals surface area contributed by atoms with Gasteiger partial charge in [-0.25, -0.2) is 0 Å². The second-order valence-corrected chi connectivity index (χ2v) is 4.13. The Hall–Kier alpha value is -0.580. The van der Waals surface area contributed by atoms with Crippen LogP contribution >= 0.6 is 39.1 Å². The molecule has 0 aliphatic rings. The van der Waals surface area contributed by atoms with E-state index in [1.165, 1.54) is 0 Å². The number of halogens is 3. The zero-order valence-electron chi connectivity index (χ0n) is 6.67.